The topological polar surface area (TPSA) is 17.0 Å². The molecular weight excluding hydrogens is 216 g/mol. The highest BCUT2D eigenvalue weighted by molar-refractivity contribution is 7.05. The van der Waals surface area contributed by atoms with Crippen molar-refractivity contribution in [2.75, 3.05) is 7.05 Å². The molecule has 3 heteroatoms. The van der Waals surface area contributed by atoms with Crippen LogP contribution >= 0.6 is 11.5 Å². The lowest BCUT2D eigenvalue weighted by Gasteiger charge is -2.15. The minimum atomic E-state index is 1.18. The minimum absolute atomic E-state index is 1.18. The molecule has 16 heavy (non-hydrogen) atoms. The molecule has 2 aromatic rings. The summed E-state index contributed by atoms with van der Waals surface area (Å²) >= 11 is 1.71. The van der Waals surface area contributed by atoms with Gasteiger partial charge in [0.25, 0.3) is 0 Å². The van der Waals surface area contributed by atoms with E-state index in [1.54, 1.807) is 11.5 Å². The van der Waals surface area contributed by atoms with E-state index < -0.39 is 0 Å². The van der Waals surface area contributed by atoms with Crippen LogP contribution in [0.3, 0.4) is 0 Å². The molecule has 2 rings (SSSR count). The number of hydrogen-bond donors (Lipinski definition) is 1. The average molecular weight is 232 g/mol. The van der Waals surface area contributed by atoms with Gasteiger partial charge in [0.05, 0.1) is 11.4 Å². The third-order valence-electron chi connectivity index (χ3n) is 2.65. The highest BCUT2D eigenvalue weighted by Crippen LogP contribution is 2.22. The Morgan fingerprint density at radius 2 is 1.88 bits per heavy atom. The average Bonchev–Trinajstić information content (AvgIpc) is 2.19. The second-order valence-electron chi connectivity index (χ2n) is 3.79. The number of allylic oxidation sites excluding steroid dienone is 1. The summed E-state index contributed by atoms with van der Waals surface area (Å²) in [4.78, 5) is 0. The number of nitrogens with one attached hydrogen (secondary N) is 1. The lowest BCUT2D eigenvalue weighted by molar-refractivity contribution is 1.09. The van der Waals surface area contributed by atoms with Crippen LogP contribution in [0.5, 0.6) is 0 Å². The summed E-state index contributed by atoms with van der Waals surface area (Å²) in [5.41, 5.74) is 4.93. The predicted octanol–water partition coefficient (Wildman–Crippen LogP) is 3.42. The van der Waals surface area contributed by atoms with Gasteiger partial charge in [0.2, 0.25) is 0 Å². The molecule has 0 saturated carbocycles. The van der Waals surface area contributed by atoms with Crippen LogP contribution in [0, 0.1) is 6.92 Å². The lowest BCUT2D eigenvalue weighted by atomic mass is 10.1. The molecule has 2 nitrogen and oxygen atoms in total. The maximum Gasteiger partial charge on any atom is 0.0619 e. The van der Waals surface area contributed by atoms with Gasteiger partial charge in [0, 0.05) is 18.6 Å². The molecule has 0 spiro atoms. The van der Waals surface area contributed by atoms with Crippen LogP contribution in [0.2, 0.25) is 0 Å². The van der Waals surface area contributed by atoms with Crippen molar-refractivity contribution in [1.29, 1.82) is 0 Å². The number of nitrogens with zero attached hydrogens (tertiary/aromatic N) is 1. The van der Waals surface area contributed by atoms with Crippen molar-refractivity contribution < 1.29 is 0 Å². The van der Waals surface area contributed by atoms with Crippen molar-refractivity contribution in [3.05, 3.63) is 47.0 Å². The van der Waals surface area contributed by atoms with Gasteiger partial charge in [-0.3, -0.25) is 3.96 Å². The zero-order chi connectivity index (χ0) is 11.5. The molecule has 0 aliphatic carbocycles. The molecule has 0 amide bonds. The van der Waals surface area contributed by atoms with Crippen LogP contribution in [0.25, 0.3) is 11.4 Å². The Labute approximate surface area is 100 Å². The normalized spacial score (nSPS) is 12.4. The first-order valence-corrected chi connectivity index (χ1v) is 6.14. The molecule has 0 fully saturated rings. The standard InChI is InChI=1S/C13H16N2S/c1-10-4-6-12(7-5-10)13(14-3)11(2)15-8-9-16-15/h4-9,14H,1-3H3/b13-11-. The SMILES string of the molecule is CN/C(=C(/C)n1ccs1)c1ccc(C)cc1. The summed E-state index contributed by atoms with van der Waals surface area (Å²) in [6.45, 7) is 4.23. The van der Waals surface area contributed by atoms with Gasteiger partial charge in [0.15, 0.2) is 0 Å². The first kappa shape index (κ1) is 11.0. The minimum Gasteiger partial charge on any atom is -0.386 e. The molecule has 1 heterocycles. The van der Waals surface area contributed by atoms with E-state index in [1.807, 2.05) is 7.05 Å². The largest absolute Gasteiger partial charge is 0.386 e. The van der Waals surface area contributed by atoms with Gasteiger partial charge in [-0.2, -0.15) is 0 Å². The summed E-state index contributed by atoms with van der Waals surface area (Å²) in [5, 5.41) is 5.35. The Morgan fingerprint density at radius 3 is 2.31 bits per heavy atom. The summed E-state index contributed by atoms with van der Waals surface area (Å²) in [6.07, 6.45) is 2.07. The van der Waals surface area contributed by atoms with Crippen molar-refractivity contribution in [3.63, 3.8) is 0 Å². The zero-order valence-electron chi connectivity index (χ0n) is 9.82. The molecule has 0 atom stereocenters. The van der Waals surface area contributed by atoms with Gasteiger partial charge in [0.1, 0.15) is 0 Å². The van der Waals surface area contributed by atoms with Crippen LogP contribution in [0.4, 0.5) is 0 Å². The van der Waals surface area contributed by atoms with Gasteiger partial charge in [-0.1, -0.05) is 41.4 Å². The van der Waals surface area contributed by atoms with Gasteiger partial charge >= 0.3 is 0 Å². The number of aryl methyl sites for hydroxylation is 1. The highest BCUT2D eigenvalue weighted by Gasteiger charge is 2.06. The molecule has 1 N–H and O–H groups in total. The molecule has 0 saturated heterocycles. The molecule has 0 bridgehead atoms. The molecule has 1 aromatic heterocycles. The van der Waals surface area contributed by atoms with Gasteiger partial charge in [-0.25, -0.2) is 0 Å². The second-order valence-corrected chi connectivity index (χ2v) is 4.67. The Balaban J connectivity index is 2.41. The number of aromatic nitrogens is 1. The van der Waals surface area contributed by atoms with E-state index >= 15 is 0 Å². The third kappa shape index (κ3) is 2.04. The van der Waals surface area contributed by atoms with Crippen molar-refractivity contribution in [2.24, 2.45) is 0 Å². The van der Waals surface area contributed by atoms with Crippen molar-refractivity contribution in [1.82, 2.24) is 9.27 Å². The van der Waals surface area contributed by atoms with Crippen LogP contribution in [0.15, 0.2) is 35.8 Å². The monoisotopic (exact) mass is 232 g/mol. The fraction of sp³-hybridized carbons (Fsp3) is 0.231. The van der Waals surface area contributed by atoms with Crippen LogP contribution < -0.4 is 5.32 Å². The number of hydrogen-bond acceptors (Lipinski definition) is 2. The lowest BCUT2D eigenvalue weighted by Crippen LogP contribution is -2.09. The first-order valence-electron chi connectivity index (χ1n) is 5.30. The van der Waals surface area contributed by atoms with E-state index in [-0.39, 0.29) is 0 Å². The van der Waals surface area contributed by atoms with Crippen LogP contribution in [-0.2, 0) is 0 Å². The van der Waals surface area contributed by atoms with Crippen LogP contribution in [0.1, 0.15) is 18.1 Å². The third-order valence-corrected chi connectivity index (χ3v) is 3.52. The Morgan fingerprint density at radius 1 is 1.25 bits per heavy atom. The Hall–Kier alpha value is -1.48. The van der Waals surface area contributed by atoms with Gasteiger partial charge in [-0.15, -0.1) is 0 Å². The van der Waals surface area contributed by atoms with E-state index in [0.717, 1.165) is 0 Å². The smallest absolute Gasteiger partial charge is 0.0619 e. The molecule has 0 radical (unpaired) electrons. The molecule has 0 unspecified atom stereocenters. The van der Waals surface area contributed by atoms with E-state index in [4.69, 9.17) is 0 Å². The quantitative estimate of drug-likeness (QED) is 0.858. The van der Waals surface area contributed by atoms with Crippen molar-refractivity contribution in [2.45, 2.75) is 13.8 Å². The summed E-state index contributed by atoms with van der Waals surface area (Å²) in [5.74, 6) is 0. The Kier molecular flexibility index (Phi) is 3.15. The summed E-state index contributed by atoms with van der Waals surface area (Å²) < 4.78 is 2.16. The van der Waals surface area contributed by atoms with E-state index in [0.29, 0.717) is 0 Å². The number of rotatable bonds is 3. The molecule has 0 aliphatic heterocycles. The fourth-order valence-corrected chi connectivity index (χ4v) is 2.17. The van der Waals surface area contributed by atoms with E-state index in [2.05, 4.69) is 59.0 Å². The van der Waals surface area contributed by atoms with Crippen molar-refractivity contribution >= 4 is 22.9 Å². The summed E-state index contributed by atoms with van der Waals surface area (Å²) in [6, 6.07) is 8.58. The fourth-order valence-electron chi connectivity index (χ4n) is 1.68. The predicted molar refractivity (Wildman–Crippen MR) is 71.3 cm³/mol. The van der Waals surface area contributed by atoms with Gasteiger partial charge < -0.3 is 5.32 Å². The Bertz CT molecular complexity index is 479. The maximum absolute atomic E-state index is 3.28. The summed E-state index contributed by atoms with van der Waals surface area (Å²) in [7, 11) is 1.97. The molecule has 84 valence electrons. The molecule has 0 aliphatic rings. The first-order chi connectivity index (χ1) is 7.72. The van der Waals surface area contributed by atoms with E-state index in [1.165, 1.54) is 22.5 Å². The van der Waals surface area contributed by atoms with Crippen molar-refractivity contribution in [3.8, 4) is 0 Å². The van der Waals surface area contributed by atoms with Crippen LogP contribution in [-0.4, -0.2) is 11.0 Å². The van der Waals surface area contributed by atoms with Gasteiger partial charge in [-0.05, 0) is 19.4 Å². The maximum atomic E-state index is 3.28. The number of benzene rings is 1. The zero-order valence-corrected chi connectivity index (χ0v) is 10.6. The van der Waals surface area contributed by atoms with E-state index in [9.17, 15) is 0 Å². The highest BCUT2D eigenvalue weighted by atomic mass is 32.1. The molecule has 1 aromatic carbocycles. The second kappa shape index (κ2) is 4.58. The molecular formula is C13H16N2S.